The first-order valence-electron chi connectivity index (χ1n) is 7.00. The highest BCUT2D eigenvalue weighted by Gasteiger charge is 2.62. The van der Waals surface area contributed by atoms with E-state index in [1.54, 1.807) is 13.8 Å². The topological polar surface area (TPSA) is 26.3 Å². The highest BCUT2D eigenvalue weighted by Crippen LogP contribution is 2.60. The van der Waals surface area contributed by atoms with Gasteiger partial charge in [-0.05, 0) is 23.5 Å². The Kier molecular flexibility index (Phi) is 5.21. The molecule has 1 aromatic carbocycles. The number of alkyl halides is 3. The van der Waals surface area contributed by atoms with Gasteiger partial charge in [-0.15, -0.1) is 0 Å². The van der Waals surface area contributed by atoms with Crippen molar-refractivity contribution in [1.82, 2.24) is 0 Å². The van der Waals surface area contributed by atoms with E-state index in [0.717, 1.165) is 6.08 Å². The minimum absolute atomic E-state index is 0.0198. The van der Waals surface area contributed by atoms with Gasteiger partial charge in [-0.25, -0.2) is 4.39 Å². The van der Waals surface area contributed by atoms with Crippen LogP contribution in [0.5, 0.6) is 0 Å². The first-order chi connectivity index (χ1) is 11.0. The van der Waals surface area contributed by atoms with E-state index in [0.29, 0.717) is 0 Å². The van der Waals surface area contributed by atoms with Crippen molar-refractivity contribution in [2.45, 2.75) is 26.6 Å². The lowest BCUT2D eigenvalue weighted by molar-refractivity contribution is -0.147. The number of carbonyl (C=O) groups excluding carboxylic acids is 1. The molecule has 2 rings (SSSR count). The van der Waals surface area contributed by atoms with E-state index >= 15 is 0 Å². The predicted molar refractivity (Wildman–Crippen MR) is 82.0 cm³/mol. The molecule has 2 atom stereocenters. The molecule has 0 spiro atoms. The van der Waals surface area contributed by atoms with Crippen molar-refractivity contribution in [3.63, 3.8) is 0 Å². The van der Waals surface area contributed by atoms with Crippen LogP contribution in [-0.4, -0.2) is 12.1 Å². The highest BCUT2D eigenvalue weighted by atomic mass is 35.5. The molecule has 1 aromatic rings. The molecule has 0 heterocycles. The van der Waals surface area contributed by atoms with Crippen LogP contribution in [0, 0.1) is 23.1 Å². The number of carbonyl (C=O) groups is 1. The summed E-state index contributed by atoms with van der Waals surface area (Å²) in [6.45, 7) is 2.88. The maximum atomic E-state index is 13.6. The van der Waals surface area contributed by atoms with Crippen LogP contribution in [0.1, 0.15) is 19.4 Å². The first-order valence-corrected chi connectivity index (χ1v) is 7.76. The van der Waals surface area contributed by atoms with Crippen LogP contribution >= 0.6 is 23.2 Å². The van der Waals surface area contributed by atoms with Gasteiger partial charge in [0.1, 0.15) is 17.5 Å². The third-order valence-corrected chi connectivity index (χ3v) is 4.88. The van der Waals surface area contributed by atoms with Gasteiger partial charge in [-0.3, -0.25) is 4.79 Å². The van der Waals surface area contributed by atoms with Crippen LogP contribution in [0.25, 0.3) is 0 Å². The van der Waals surface area contributed by atoms with Gasteiger partial charge < -0.3 is 4.74 Å². The molecular weight excluding hydrogens is 371 g/mol. The Balaban J connectivity index is 2.06. The van der Waals surface area contributed by atoms with Gasteiger partial charge in [-0.2, -0.15) is 13.2 Å². The van der Waals surface area contributed by atoms with Gasteiger partial charge in [0.25, 0.3) is 0 Å². The molecule has 1 aliphatic rings. The molecule has 0 bridgehead atoms. The summed E-state index contributed by atoms with van der Waals surface area (Å²) in [6, 6.07) is 4.03. The van der Waals surface area contributed by atoms with Crippen LogP contribution in [0.4, 0.5) is 17.6 Å². The molecule has 2 nitrogen and oxygen atoms in total. The maximum Gasteiger partial charge on any atom is 0.426 e. The van der Waals surface area contributed by atoms with Gasteiger partial charge in [0.05, 0.1) is 10.9 Å². The lowest BCUT2D eigenvalue weighted by Gasteiger charge is -2.08. The van der Waals surface area contributed by atoms with E-state index in [1.807, 2.05) is 0 Å². The lowest BCUT2D eigenvalue weighted by atomic mass is 10.1. The van der Waals surface area contributed by atoms with Crippen molar-refractivity contribution in [2.75, 3.05) is 0 Å². The minimum Gasteiger partial charge on any atom is -0.460 e. The summed E-state index contributed by atoms with van der Waals surface area (Å²) in [5.74, 6) is -2.82. The van der Waals surface area contributed by atoms with Gasteiger partial charge >= 0.3 is 12.1 Å². The molecule has 24 heavy (non-hydrogen) atoms. The monoisotopic (exact) mass is 384 g/mol. The van der Waals surface area contributed by atoms with Gasteiger partial charge in [0.2, 0.25) is 0 Å². The van der Waals surface area contributed by atoms with E-state index < -0.39 is 40.2 Å². The van der Waals surface area contributed by atoms with Gasteiger partial charge in [0, 0.05) is 5.56 Å². The third kappa shape index (κ3) is 3.86. The van der Waals surface area contributed by atoms with Crippen LogP contribution in [0.3, 0.4) is 0 Å². The van der Waals surface area contributed by atoms with Crippen molar-refractivity contribution in [3.8, 4) is 0 Å². The molecule has 1 fully saturated rings. The molecule has 0 radical (unpaired) electrons. The number of halogens is 6. The molecule has 1 saturated carbocycles. The zero-order valence-electron chi connectivity index (χ0n) is 12.8. The Morgan fingerprint density at radius 1 is 1.38 bits per heavy atom. The second-order valence-corrected chi connectivity index (χ2v) is 6.96. The highest BCUT2D eigenvalue weighted by molar-refractivity contribution is 6.31. The number of benzene rings is 1. The Morgan fingerprint density at radius 3 is 2.54 bits per heavy atom. The van der Waals surface area contributed by atoms with Crippen molar-refractivity contribution in [1.29, 1.82) is 0 Å². The molecule has 0 N–H and O–H groups in total. The molecule has 0 aromatic heterocycles. The average molecular weight is 385 g/mol. The fraction of sp³-hybridized carbons (Fsp3) is 0.438. The standard InChI is InChI=1S/C16H14Cl2F4O2/c1-15(2)9(6-12(18)16(20,21)22)13(15)14(23)24-7-8-10(17)4-3-5-11(8)19/h3-6,9,13H,7H2,1-2H3/t9-,13-/m1/s1. The van der Waals surface area contributed by atoms with E-state index in [2.05, 4.69) is 0 Å². The molecular formula is C16H14Cl2F4O2. The normalized spacial score (nSPS) is 23.1. The summed E-state index contributed by atoms with van der Waals surface area (Å²) in [5, 5.41) is -1.16. The number of hydrogen-bond donors (Lipinski definition) is 0. The Morgan fingerprint density at radius 2 is 2.00 bits per heavy atom. The molecule has 0 aliphatic heterocycles. The smallest absolute Gasteiger partial charge is 0.426 e. The third-order valence-electron chi connectivity index (χ3n) is 4.18. The predicted octanol–water partition coefficient (Wildman–Crippen LogP) is 5.48. The van der Waals surface area contributed by atoms with Gasteiger partial charge in [-0.1, -0.05) is 49.2 Å². The molecule has 8 heteroatoms. The number of esters is 1. The summed E-state index contributed by atoms with van der Waals surface area (Å²) in [4.78, 5) is 12.1. The fourth-order valence-corrected chi connectivity index (χ4v) is 2.95. The molecule has 0 saturated heterocycles. The lowest BCUT2D eigenvalue weighted by Crippen LogP contribution is -2.11. The number of hydrogen-bond acceptors (Lipinski definition) is 2. The summed E-state index contributed by atoms with van der Waals surface area (Å²) in [5.41, 5.74) is -0.701. The van der Waals surface area contributed by atoms with Crippen LogP contribution in [-0.2, 0) is 16.1 Å². The van der Waals surface area contributed by atoms with Crippen LogP contribution < -0.4 is 0 Å². The zero-order valence-corrected chi connectivity index (χ0v) is 14.3. The first kappa shape index (κ1) is 19.1. The Bertz CT molecular complexity index is 663. The van der Waals surface area contributed by atoms with E-state index in [-0.39, 0.29) is 17.2 Å². The SMILES string of the molecule is CC1(C)[C@H](C=C(Cl)C(F)(F)F)[C@@H]1C(=O)OCc1c(F)cccc1Cl. The Labute approximate surface area is 146 Å². The molecule has 0 amide bonds. The minimum atomic E-state index is -4.66. The van der Waals surface area contributed by atoms with E-state index in [9.17, 15) is 22.4 Å². The zero-order chi connectivity index (χ0) is 18.3. The number of allylic oxidation sites excluding steroid dienone is 2. The average Bonchev–Trinajstić information content (AvgIpc) is 2.98. The molecule has 0 unspecified atom stereocenters. The van der Waals surface area contributed by atoms with Crippen molar-refractivity contribution < 1.29 is 27.1 Å². The fourth-order valence-electron chi connectivity index (χ4n) is 2.59. The second-order valence-electron chi connectivity index (χ2n) is 6.15. The Hall–Kier alpha value is -1.27. The van der Waals surface area contributed by atoms with Crippen molar-refractivity contribution in [2.24, 2.45) is 17.3 Å². The summed E-state index contributed by atoms with van der Waals surface area (Å²) in [7, 11) is 0. The van der Waals surface area contributed by atoms with Gasteiger partial charge in [0.15, 0.2) is 0 Å². The van der Waals surface area contributed by atoms with E-state index in [4.69, 9.17) is 27.9 Å². The summed E-state index contributed by atoms with van der Waals surface area (Å²) in [6.07, 6.45) is -3.83. The molecule has 132 valence electrons. The largest absolute Gasteiger partial charge is 0.460 e. The number of rotatable bonds is 4. The molecule has 1 aliphatic carbocycles. The summed E-state index contributed by atoms with van der Waals surface area (Å²) < 4.78 is 56.2. The maximum absolute atomic E-state index is 13.6. The van der Waals surface area contributed by atoms with Crippen LogP contribution in [0.2, 0.25) is 5.02 Å². The quantitative estimate of drug-likeness (QED) is 0.507. The van der Waals surface area contributed by atoms with Crippen molar-refractivity contribution in [3.05, 3.63) is 45.7 Å². The van der Waals surface area contributed by atoms with E-state index in [1.165, 1.54) is 18.2 Å². The number of ether oxygens (including phenoxy) is 1. The van der Waals surface area contributed by atoms with Crippen LogP contribution in [0.15, 0.2) is 29.3 Å². The second kappa shape index (κ2) is 6.56. The van der Waals surface area contributed by atoms with Crippen molar-refractivity contribution >= 4 is 29.2 Å². The summed E-state index contributed by atoms with van der Waals surface area (Å²) >= 11 is 11.0.